The number of carbonyl (C=O) groups excluding carboxylic acids is 1. The molecule has 1 unspecified atom stereocenters. The van der Waals surface area contributed by atoms with Crippen LogP contribution in [0.4, 0.5) is 11.4 Å². The topological polar surface area (TPSA) is 90.5 Å². The van der Waals surface area contributed by atoms with E-state index in [-0.39, 0.29) is 18.2 Å². The summed E-state index contributed by atoms with van der Waals surface area (Å²) in [5.74, 6) is -1.21. The Bertz CT molecular complexity index is 1020. The number of hydrazine groups is 1. The monoisotopic (exact) mass is 431 g/mol. The molecule has 6 nitrogen and oxygen atoms in total. The van der Waals surface area contributed by atoms with Gasteiger partial charge in [0.2, 0.25) is 5.91 Å². The number of amides is 1. The number of carboxylic acid groups (broad SMARTS) is 1. The van der Waals surface area contributed by atoms with Gasteiger partial charge in [0.25, 0.3) is 0 Å². The maximum Gasteiger partial charge on any atom is 0.303 e. The minimum absolute atomic E-state index is 0.0943. The molecule has 0 aliphatic rings. The second kappa shape index (κ2) is 11.7. The van der Waals surface area contributed by atoms with E-state index >= 15 is 0 Å². The van der Waals surface area contributed by atoms with Gasteiger partial charge in [-0.05, 0) is 54.7 Å². The van der Waals surface area contributed by atoms with Gasteiger partial charge in [0.05, 0.1) is 5.92 Å². The van der Waals surface area contributed by atoms with Gasteiger partial charge in [-0.25, -0.2) is 5.43 Å². The highest BCUT2D eigenvalue weighted by molar-refractivity contribution is 5.96. The average Bonchev–Trinajstić information content (AvgIpc) is 2.81. The first-order valence-corrected chi connectivity index (χ1v) is 10.8. The zero-order chi connectivity index (χ0) is 22.8. The Labute approximate surface area is 188 Å². The normalized spacial score (nSPS) is 11.5. The van der Waals surface area contributed by atoms with Crippen molar-refractivity contribution in [3.05, 3.63) is 95.6 Å². The summed E-state index contributed by atoms with van der Waals surface area (Å²) in [6, 6.07) is 25.3. The molecule has 4 N–H and O–H groups in total. The highest BCUT2D eigenvalue weighted by atomic mass is 16.4. The van der Waals surface area contributed by atoms with Crippen LogP contribution < -0.4 is 16.2 Å². The van der Waals surface area contributed by atoms with Gasteiger partial charge < -0.3 is 15.8 Å². The fourth-order valence-corrected chi connectivity index (χ4v) is 3.40. The summed E-state index contributed by atoms with van der Waals surface area (Å²) in [4.78, 5) is 23.8. The van der Waals surface area contributed by atoms with Crippen molar-refractivity contribution in [3.63, 3.8) is 0 Å². The Morgan fingerprint density at radius 3 is 2.31 bits per heavy atom. The molecule has 0 aliphatic carbocycles. The van der Waals surface area contributed by atoms with Crippen LogP contribution >= 0.6 is 0 Å². The lowest BCUT2D eigenvalue weighted by atomic mass is 9.99. The van der Waals surface area contributed by atoms with Crippen molar-refractivity contribution < 1.29 is 14.7 Å². The van der Waals surface area contributed by atoms with Crippen LogP contribution in [0.5, 0.6) is 0 Å². The van der Waals surface area contributed by atoms with Gasteiger partial charge in [0.1, 0.15) is 0 Å². The summed E-state index contributed by atoms with van der Waals surface area (Å²) < 4.78 is 0. The predicted molar refractivity (Wildman–Crippen MR) is 127 cm³/mol. The van der Waals surface area contributed by atoms with Gasteiger partial charge in [-0.2, -0.15) is 0 Å². The van der Waals surface area contributed by atoms with Crippen LogP contribution in [0.15, 0.2) is 78.9 Å². The van der Waals surface area contributed by atoms with Gasteiger partial charge in [-0.3, -0.25) is 9.59 Å². The quantitative estimate of drug-likeness (QED) is 0.323. The number of hydrogen-bond donors (Lipinski definition) is 4. The predicted octanol–water partition coefficient (Wildman–Crippen LogP) is 4.95. The van der Waals surface area contributed by atoms with Crippen LogP contribution in [0, 0.1) is 0 Å². The standard InChI is InChI=1S/C26H29N3O3/c1-19(21-9-4-2-5-10-21)26(32)28-24-17-20(15-16-22(24)11-8-14-25(30)31)18-27-29-23-12-6-3-7-13-23/h2-7,9-10,12-13,15-17,19,27,29H,8,11,14,18H2,1H3,(H,28,32)(H,30,31). The molecule has 0 bridgehead atoms. The highest BCUT2D eigenvalue weighted by Gasteiger charge is 2.17. The van der Waals surface area contributed by atoms with Crippen LogP contribution in [0.1, 0.15) is 42.4 Å². The number of carboxylic acids is 1. The summed E-state index contributed by atoms with van der Waals surface area (Å²) in [6.07, 6.45) is 1.19. The summed E-state index contributed by atoms with van der Waals surface area (Å²) in [7, 11) is 0. The van der Waals surface area contributed by atoms with Gasteiger partial charge in [-0.1, -0.05) is 60.7 Å². The molecule has 0 radical (unpaired) electrons. The second-order valence-electron chi connectivity index (χ2n) is 7.70. The molecule has 3 rings (SSSR count). The van der Waals surface area contributed by atoms with Gasteiger partial charge >= 0.3 is 5.97 Å². The van der Waals surface area contributed by atoms with Crippen molar-refractivity contribution in [1.82, 2.24) is 5.43 Å². The van der Waals surface area contributed by atoms with E-state index in [1.54, 1.807) is 0 Å². The Hall–Kier alpha value is -3.64. The largest absolute Gasteiger partial charge is 0.481 e. The Morgan fingerprint density at radius 2 is 1.62 bits per heavy atom. The van der Waals surface area contributed by atoms with E-state index in [1.165, 1.54) is 0 Å². The average molecular weight is 432 g/mol. The number of aliphatic carboxylic acids is 1. The lowest BCUT2D eigenvalue weighted by Crippen LogP contribution is -2.22. The summed E-state index contributed by atoms with van der Waals surface area (Å²) >= 11 is 0. The number of benzene rings is 3. The molecular weight excluding hydrogens is 402 g/mol. The number of nitrogens with one attached hydrogen (secondary N) is 3. The molecule has 6 heteroatoms. The zero-order valence-electron chi connectivity index (χ0n) is 18.2. The van der Waals surface area contributed by atoms with Crippen LogP contribution in [0.2, 0.25) is 0 Å². The smallest absolute Gasteiger partial charge is 0.303 e. The third-order valence-electron chi connectivity index (χ3n) is 5.26. The van der Waals surface area contributed by atoms with E-state index in [2.05, 4.69) is 16.2 Å². The molecule has 0 fully saturated rings. The number of para-hydroxylation sites is 1. The van der Waals surface area contributed by atoms with E-state index in [0.29, 0.717) is 19.4 Å². The second-order valence-corrected chi connectivity index (χ2v) is 7.70. The number of rotatable bonds is 11. The molecule has 0 aliphatic heterocycles. The van der Waals surface area contributed by atoms with E-state index < -0.39 is 5.97 Å². The highest BCUT2D eigenvalue weighted by Crippen LogP contribution is 2.23. The molecule has 3 aromatic carbocycles. The zero-order valence-corrected chi connectivity index (χ0v) is 18.2. The minimum Gasteiger partial charge on any atom is -0.481 e. The lowest BCUT2D eigenvalue weighted by Gasteiger charge is -2.17. The van der Waals surface area contributed by atoms with Gasteiger partial charge in [0, 0.05) is 24.3 Å². The minimum atomic E-state index is -0.818. The lowest BCUT2D eigenvalue weighted by molar-refractivity contribution is -0.137. The molecule has 0 aromatic heterocycles. The first-order valence-electron chi connectivity index (χ1n) is 10.8. The molecule has 0 heterocycles. The van der Waals surface area contributed by atoms with Crippen molar-refractivity contribution in [3.8, 4) is 0 Å². The number of carbonyl (C=O) groups is 2. The maximum absolute atomic E-state index is 12.9. The summed E-state index contributed by atoms with van der Waals surface area (Å²) in [6.45, 7) is 2.44. The molecule has 32 heavy (non-hydrogen) atoms. The number of hydrogen-bond acceptors (Lipinski definition) is 4. The summed E-state index contributed by atoms with van der Waals surface area (Å²) in [5, 5.41) is 12.0. The summed E-state index contributed by atoms with van der Waals surface area (Å²) in [5.41, 5.74) is 10.9. The fourth-order valence-electron chi connectivity index (χ4n) is 3.40. The van der Waals surface area contributed by atoms with E-state index in [4.69, 9.17) is 5.11 Å². The van der Waals surface area contributed by atoms with Crippen molar-refractivity contribution in [2.24, 2.45) is 0 Å². The fraction of sp³-hybridized carbons (Fsp3) is 0.231. The Balaban J connectivity index is 1.70. The molecule has 0 spiro atoms. The van der Waals surface area contributed by atoms with Crippen molar-refractivity contribution in [2.75, 3.05) is 10.7 Å². The molecule has 166 valence electrons. The van der Waals surface area contributed by atoms with E-state index in [0.717, 1.165) is 28.1 Å². The first kappa shape index (κ1) is 23.0. The van der Waals surface area contributed by atoms with Crippen molar-refractivity contribution in [1.29, 1.82) is 0 Å². The number of aryl methyl sites for hydroxylation is 1. The van der Waals surface area contributed by atoms with Crippen LogP contribution in [0.25, 0.3) is 0 Å². The molecule has 1 atom stereocenters. The third kappa shape index (κ3) is 6.96. The molecule has 1 amide bonds. The Morgan fingerprint density at radius 1 is 0.938 bits per heavy atom. The molecular formula is C26H29N3O3. The third-order valence-corrected chi connectivity index (χ3v) is 5.26. The van der Waals surface area contributed by atoms with E-state index in [9.17, 15) is 9.59 Å². The van der Waals surface area contributed by atoms with Gasteiger partial charge in [-0.15, -0.1) is 0 Å². The molecule has 3 aromatic rings. The SMILES string of the molecule is CC(C(=O)Nc1cc(CNNc2ccccc2)ccc1CCCC(=O)O)c1ccccc1. The van der Waals surface area contributed by atoms with Crippen LogP contribution in [0.3, 0.4) is 0 Å². The molecule has 0 saturated carbocycles. The Kier molecular flexibility index (Phi) is 8.40. The van der Waals surface area contributed by atoms with Crippen LogP contribution in [-0.4, -0.2) is 17.0 Å². The molecule has 0 saturated heterocycles. The maximum atomic E-state index is 12.9. The first-order chi connectivity index (χ1) is 15.5. The van der Waals surface area contributed by atoms with Gasteiger partial charge in [0.15, 0.2) is 0 Å². The van der Waals surface area contributed by atoms with Crippen molar-refractivity contribution in [2.45, 2.75) is 38.6 Å². The number of anilines is 2. The van der Waals surface area contributed by atoms with Crippen molar-refractivity contribution >= 4 is 23.3 Å². The van der Waals surface area contributed by atoms with E-state index in [1.807, 2.05) is 85.8 Å². The van der Waals surface area contributed by atoms with Crippen LogP contribution in [-0.2, 0) is 22.6 Å².